The normalized spacial score (nSPS) is 14.3. The van der Waals surface area contributed by atoms with E-state index in [1.807, 2.05) is 6.07 Å². The van der Waals surface area contributed by atoms with Crippen LogP contribution in [0.1, 0.15) is 38.3 Å². The highest BCUT2D eigenvalue weighted by Crippen LogP contribution is 2.41. The van der Waals surface area contributed by atoms with Gasteiger partial charge < -0.3 is 10.5 Å². The zero-order valence-corrected chi connectivity index (χ0v) is 24.3. The van der Waals surface area contributed by atoms with Crippen molar-refractivity contribution in [3.63, 3.8) is 0 Å². The number of anilines is 2. The van der Waals surface area contributed by atoms with E-state index in [1.165, 1.54) is 47.7 Å². The fraction of sp³-hybridized carbons (Fsp3) is 0.100. The summed E-state index contributed by atoms with van der Waals surface area (Å²) in [4.78, 5) is 56.9. The van der Waals surface area contributed by atoms with Crippen molar-refractivity contribution in [1.82, 2.24) is 4.98 Å². The van der Waals surface area contributed by atoms with Crippen molar-refractivity contribution in [2.75, 3.05) is 17.2 Å². The van der Waals surface area contributed by atoms with E-state index in [0.717, 1.165) is 16.7 Å². The second kappa shape index (κ2) is 12.5. The lowest BCUT2D eigenvalue weighted by molar-refractivity contribution is -0.121. The molecule has 5 rings (SSSR count). The van der Waals surface area contributed by atoms with Crippen LogP contribution in [0.4, 0.5) is 11.5 Å². The number of nitrogens with two attached hydrogens (primary N) is 1. The number of carbonyl (C=O) groups excluding carboxylic acids is 4. The first-order chi connectivity index (χ1) is 20.7. The zero-order chi connectivity index (χ0) is 30.7. The van der Waals surface area contributed by atoms with E-state index in [9.17, 15) is 29.7 Å². The number of aromatic nitrogens is 1. The quantitative estimate of drug-likeness (QED) is 0.155. The van der Waals surface area contributed by atoms with E-state index in [4.69, 9.17) is 22.1 Å². The molecule has 1 aliphatic heterocycles. The van der Waals surface area contributed by atoms with E-state index >= 15 is 0 Å². The van der Waals surface area contributed by atoms with E-state index in [2.05, 4.69) is 11.1 Å². The maximum Gasteiger partial charge on any atom is 0.338 e. The monoisotopic (exact) mass is 627 g/mol. The third-order valence-corrected chi connectivity index (χ3v) is 8.71. The second-order valence-electron chi connectivity index (χ2n) is 9.06. The summed E-state index contributed by atoms with van der Waals surface area (Å²) < 4.78 is 5.11. The molecule has 212 valence electrons. The molecule has 4 aromatic rings. The van der Waals surface area contributed by atoms with Crippen molar-refractivity contribution >= 4 is 69.8 Å². The van der Waals surface area contributed by atoms with Crippen molar-refractivity contribution in [3.05, 3.63) is 93.3 Å². The third-order valence-electron chi connectivity index (χ3n) is 6.40. The van der Waals surface area contributed by atoms with Gasteiger partial charge in [0.05, 0.1) is 22.1 Å². The number of benzene rings is 2. The van der Waals surface area contributed by atoms with Gasteiger partial charge in [-0.1, -0.05) is 29.4 Å². The molecule has 1 fully saturated rings. The summed E-state index contributed by atoms with van der Waals surface area (Å²) in [6.45, 7) is -0.475. The average Bonchev–Trinajstić information content (AvgIpc) is 3.63. The number of ketones is 1. The van der Waals surface area contributed by atoms with Crippen LogP contribution in [-0.4, -0.2) is 40.4 Å². The number of carbonyl (C=O) groups is 4. The number of pyridine rings is 1. The molecule has 2 amide bonds. The fourth-order valence-electron chi connectivity index (χ4n) is 4.33. The lowest BCUT2D eigenvalue weighted by Crippen LogP contribution is -2.31. The van der Waals surface area contributed by atoms with E-state index in [-0.39, 0.29) is 39.6 Å². The summed E-state index contributed by atoms with van der Waals surface area (Å²) in [5, 5.41) is 21.1. The first-order valence-electron chi connectivity index (χ1n) is 12.5. The SMILES string of the molecule is N#Cc1c(N)nc(SC2CC(=O)N(c3ccc(C(=O)OCC(=O)c4ccc(Cl)cc4)cc3)C2=O)c(C#N)c1-c1cccs1. The first kappa shape index (κ1) is 29.5. The number of nitriles is 2. The first-order valence-corrected chi connectivity index (χ1v) is 14.6. The number of halogens is 1. The van der Waals surface area contributed by atoms with Gasteiger partial charge in [0.2, 0.25) is 11.8 Å². The molecule has 3 heterocycles. The van der Waals surface area contributed by atoms with Crippen LogP contribution in [0.5, 0.6) is 0 Å². The fourth-order valence-corrected chi connectivity index (χ4v) is 6.36. The Bertz CT molecular complexity index is 1850. The average molecular weight is 628 g/mol. The topological polar surface area (TPSA) is 167 Å². The number of esters is 1. The highest BCUT2D eigenvalue weighted by atomic mass is 35.5. The lowest BCUT2D eigenvalue weighted by Gasteiger charge is -2.16. The lowest BCUT2D eigenvalue weighted by atomic mass is 10.0. The summed E-state index contributed by atoms with van der Waals surface area (Å²) in [7, 11) is 0. The Morgan fingerprint density at radius 3 is 2.35 bits per heavy atom. The Hall–Kier alpha value is -5.01. The number of rotatable bonds is 8. The van der Waals surface area contributed by atoms with Crippen LogP contribution < -0.4 is 10.6 Å². The molecule has 2 N–H and O–H groups in total. The molecule has 10 nitrogen and oxygen atoms in total. The van der Waals surface area contributed by atoms with Crippen LogP contribution in [-0.2, 0) is 14.3 Å². The summed E-state index contributed by atoms with van der Waals surface area (Å²) in [6, 6.07) is 19.4. The van der Waals surface area contributed by atoms with Gasteiger partial charge in [0.1, 0.15) is 28.5 Å². The van der Waals surface area contributed by atoms with Crippen molar-refractivity contribution in [3.8, 4) is 22.6 Å². The van der Waals surface area contributed by atoms with Crippen LogP contribution in [0.2, 0.25) is 5.02 Å². The number of hydrogen-bond acceptors (Lipinski definition) is 11. The van der Waals surface area contributed by atoms with E-state index in [0.29, 0.717) is 21.0 Å². The minimum absolute atomic E-state index is 0.0618. The highest BCUT2D eigenvalue weighted by Gasteiger charge is 2.41. The third kappa shape index (κ3) is 5.98. The number of hydrogen-bond donors (Lipinski definition) is 1. The number of imide groups is 1. The van der Waals surface area contributed by atoms with Crippen LogP contribution >= 0.6 is 34.7 Å². The van der Waals surface area contributed by atoms with Gasteiger partial charge in [-0.3, -0.25) is 14.4 Å². The number of amides is 2. The van der Waals surface area contributed by atoms with Crippen molar-refractivity contribution < 1.29 is 23.9 Å². The number of Topliss-reactive ketones (excluding diaryl/α,β-unsaturated/α-hetero) is 1. The summed E-state index contributed by atoms with van der Waals surface area (Å²) in [5.41, 5.74) is 7.24. The Kier molecular flexibility index (Phi) is 8.55. The Balaban J connectivity index is 1.30. The molecule has 2 aromatic heterocycles. The van der Waals surface area contributed by atoms with Gasteiger partial charge in [-0.15, -0.1) is 11.3 Å². The van der Waals surface area contributed by atoms with Crippen molar-refractivity contribution in [1.29, 1.82) is 10.5 Å². The molecule has 43 heavy (non-hydrogen) atoms. The molecular weight excluding hydrogens is 610 g/mol. The Morgan fingerprint density at radius 1 is 1.05 bits per heavy atom. The molecular formula is C30H18ClN5O5S2. The van der Waals surface area contributed by atoms with Crippen LogP contribution in [0.3, 0.4) is 0 Å². The number of thiophene rings is 1. The predicted octanol–water partition coefficient (Wildman–Crippen LogP) is 5.25. The van der Waals surface area contributed by atoms with E-state index < -0.39 is 35.4 Å². The molecule has 1 unspecified atom stereocenters. The van der Waals surface area contributed by atoms with Gasteiger partial charge in [0.15, 0.2) is 12.4 Å². The maximum atomic E-state index is 13.3. The van der Waals surface area contributed by atoms with E-state index in [1.54, 1.807) is 29.6 Å². The standard InChI is InChI=1S/C30H18ClN5O5S2/c31-18-7-3-16(4-8-18)22(37)15-41-30(40)17-5-9-19(10-6-17)36-25(38)12-24(29(36)39)43-28-21(14-33)26(23-2-1-11-42-23)20(13-32)27(34)35-28/h1-11,24H,12,15H2,(H2,34,35). The summed E-state index contributed by atoms with van der Waals surface area (Å²) in [5.74, 6) is -2.26. The van der Waals surface area contributed by atoms with Crippen molar-refractivity contribution in [2.45, 2.75) is 16.7 Å². The number of ether oxygens (including phenoxy) is 1. The van der Waals surface area contributed by atoms with Gasteiger partial charge in [-0.05, 0) is 60.0 Å². The zero-order valence-electron chi connectivity index (χ0n) is 21.9. The molecule has 0 radical (unpaired) electrons. The molecule has 2 aromatic carbocycles. The van der Waals surface area contributed by atoms with Gasteiger partial charge in [0.25, 0.3) is 0 Å². The van der Waals surface area contributed by atoms with Gasteiger partial charge in [-0.25, -0.2) is 14.7 Å². The van der Waals surface area contributed by atoms with Crippen molar-refractivity contribution in [2.24, 2.45) is 0 Å². The number of nitrogen functional groups attached to an aromatic ring is 1. The highest BCUT2D eigenvalue weighted by molar-refractivity contribution is 8.00. The summed E-state index contributed by atoms with van der Waals surface area (Å²) in [6.07, 6.45) is -0.166. The molecule has 0 saturated carbocycles. The minimum atomic E-state index is -0.904. The largest absolute Gasteiger partial charge is 0.454 e. The molecule has 1 saturated heterocycles. The molecule has 1 aliphatic rings. The Morgan fingerprint density at radius 2 is 1.72 bits per heavy atom. The van der Waals surface area contributed by atoms with Gasteiger partial charge in [0, 0.05) is 27.4 Å². The van der Waals surface area contributed by atoms with Crippen LogP contribution in [0, 0.1) is 22.7 Å². The number of nitrogens with zero attached hydrogens (tertiary/aromatic N) is 4. The summed E-state index contributed by atoms with van der Waals surface area (Å²) >= 11 is 8.08. The second-order valence-corrected chi connectivity index (χ2v) is 11.6. The predicted molar refractivity (Wildman–Crippen MR) is 161 cm³/mol. The maximum absolute atomic E-state index is 13.3. The molecule has 0 aliphatic carbocycles. The van der Waals surface area contributed by atoms with Crippen LogP contribution in [0.25, 0.3) is 10.4 Å². The molecule has 0 spiro atoms. The molecule has 0 bridgehead atoms. The smallest absolute Gasteiger partial charge is 0.338 e. The Labute approximate surface area is 258 Å². The number of thioether (sulfide) groups is 1. The molecule has 13 heteroatoms. The van der Waals surface area contributed by atoms with Crippen LogP contribution in [0.15, 0.2) is 71.1 Å². The molecule has 1 atom stereocenters. The minimum Gasteiger partial charge on any atom is -0.454 e. The van der Waals surface area contributed by atoms with Gasteiger partial charge >= 0.3 is 5.97 Å². The van der Waals surface area contributed by atoms with Gasteiger partial charge in [-0.2, -0.15) is 10.5 Å².